The fraction of sp³-hybridized carbons (Fsp3) is 0.857. The van der Waals surface area contributed by atoms with Crippen LogP contribution in [0, 0.1) is 11.3 Å². The summed E-state index contributed by atoms with van der Waals surface area (Å²) in [6.45, 7) is 8.32. The highest BCUT2D eigenvalue weighted by Crippen LogP contribution is 2.33. The molecule has 0 aromatic carbocycles. The third-order valence-corrected chi connectivity index (χ3v) is 3.94. The zero-order valence-corrected chi connectivity index (χ0v) is 12.4. The second-order valence-corrected chi connectivity index (χ2v) is 6.11. The predicted octanol–water partition coefficient (Wildman–Crippen LogP) is 1.40. The third-order valence-electron chi connectivity index (χ3n) is 3.94. The Morgan fingerprint density at radius 2 is 2.16 bits per heavy atom. The summed E-state index contributed by atoms with van der Waals surface area (Å²) >= 11 is 0. The fourth-order valence-corrected chi connectivity index (χ4v) is 2.66. The van der Waals surface area contributed by atoms with Crippen molar-refractivity contribution in [2.75, 3.05) is 26.3 Å². The summed E-state index contributed by atoms with van der Waals surface area (Å²) in [4.78, 5) is 4.38. The Hall–Kier alpha value is -0.940. The predicted molar refractivity (Wildman–Crippen MR) is 74.9 cm³/mol. The van der Waals surface area contributed by atoms with Gasteiger partial charge in [0.1, 0.15) is 12.2 Å². The van der Waals surface area contributed by atoms with Crippen LogP contribution in [0.1, 0.15) is 32.5 Å². The lowest BCUT2D eigenvalue weighted by Gasteiger charge is -2.37. The van der Waals surface area contributed by atoms with Crippen LogP contribution >= 0.6 is 0 Å². The molecule has 1 aromatic heterocycles. The molecule has 1 aromatic rings. The van der Waals surface area contributed by atoms with Crippen LogP contribution in [0.4, 0.5) is 0 Å². The minimum atomic E-state index is 0.272. The molecule has 0 amide bonds. The van der Waals surface area contributed by atoms with Gasteiger partial charge in [0.2, 0.25) is 0 Å². The lowest BCUT2D eigenvalue weighted by atomic mass is 9.77. The maximum absolute atomic E-state index is 5.53. The first kappa shape index (κ1) is 14.5. The molecule has 5 nitrogen and oxygen atoms in total. The van der Waals surface area contributed by atoms with E-state index < -0.39 is 0 Å². The zero-order chi connectivity index (χ0) is 13.7. The van der Waals surface area contributed by atoms with Crippen molar-refractivity contribution in [3.8, 4) is 0 Å². The highest BCUT2D eigenvalue weighted by molar-refractivity contribution is 4.96. The van der Waals surface area contributed by atoms with Gasteiger partial charge in [0.05, 0.1) is 0 Å². The second-order valence-electron chi connectivity index (χ2n) is 6.11. The van der Waals surface area contributed by atoms with Gasteiger partial charge in [0.25, 0.3) is 0 Å². The minimum Gasteiger partial charge on any atom is -0.381 e. The van der Waals surface area contributed by atoms with Crippen LogP contribution in [0.2, 0.25) is 0 Å². The van der Waals surface area contributed by atoms with E-state index >= 15 is 0 Å². The highest BCUT2D eigenvalue weighted by atomic mass is 16.5. The van der Waals surface area contributed by atoms with E-state index in [1.165, 1.54) is 0 Å². The summed E-state index contributed by atoms with van der Waals surface area (Å²) in [5.41, 5.74) is 0.272. The molecule has 5 heteroatoms. The highest BCUT2D eigenvalue weighted by Gasteiger charge is 2.33. The van der Waals surface area contributed by atoms with E-state index in [0.29, 0.717) is 5.92 Å². The van der Waals surface area contributed by atoms with Crippen LogP contribution in [-0.4, -0.2) is 41.1 Å². The molecule has 0 atom stereocenters. The molecule has 0 spiro atoms. The average Bonchev–Trinajstić information content (AvgIpc) is 2.75. The van der Waals surface area contributed by atoms with Gasteiger partial charge in [0, 0.05) is 33.2 Å². The summed E-state index contributed by atoms with van der Waals surface area (Å²) in [6, 6.07) is 0. The lowest BCUT2D eigenvalue weighted by molar-refractivity contribution is 0.0134. The molecule has 2 heterocycles. The standard InChI is InChI=1S/C14H26N4O/c1-12(2)9-15-10-14(4-6-19-7-5-14)8-13-16-11-17-18(13)3/h11-12,15H,4-10H2,1-3H3. The summed E-state index contributed by atoms with van der Waals surface area (Å²) in [6.07, 6.45) is 4.83. The monoisotopic (exact) mass is 266 g/mol. The zero-order valence-electron chi connectivity index (χ0n) is 12.4. The summed E-state index contributed by atoms with van der Waals surface area (Å²) in [5, 5.41) is 7.79. The number of nitrogens with zero attached hydrogens (tertiary/aromatic N) is 3. The van der Waals surface area contributed by atoms with Crippen molar-refractivity contribution < 1.29 is 4.74 Å². The SMILES string of the molecule is CC(C)CNCC1(Cc2ncnn2C)CCOCC1. The summed E-state index contributed by atoms with van der Waals surface area (Å²) in [7, 11) is 1.97. The first-order chi connectivity index (χ1) is 9.11. The van der Waals surface area contributed by atoms with Gasteiger partial charge in [-0.25, -0.2) is 4.98 Å². The van der Waals surface area contributed by atoms with E-state index in [2.05, 4.69) is 29.2 Å². The van der Waals surface area contributed by atoms with Gasteiger partial charge < -0.3 is 10.1 Å². The van der Waals surface area contributed by atoms with Crippen LogP contribution in [0.3, 0.4) is 0 Å². The second kappa shape index (κ2) is 6.48. The Morgan fingerprint density at radius 1 is 1.42 bits per heavy atom. The van der Waals surface area contributed by atoms with Crippen molar-refractivity contribution in [1.29, 1.82) is 0 Å². The van der Waals surface area contributed by atoms with E-state index in [-0.39, 0.29) is 5.41 Å². The fourth-order valence-electron chi connectivity index (χ4n) is 2.66. The summed E-state index contributed by atoms with van der Waals surface area (Å²) in [5.74, 6) is 1.76. The molecule has 0 aliphatic carbocycles. The Bertz CT molecular complexity index is 383. The molecule has 1 saturated heterocycles. The Morgan fingerprint density at radius 3 is 2.74 bits per heavy atom. The van der Waals surface area contributed by atoms with Gasteiger partial charge in [-0.3, -0.25) is 4.68 Å². The topological polar surface area (TPSA) is 52.0 Å². The Kier molecular flexibility index (Phi) is 4.93. The molecule has 19 heavy (non-hydrogen) atoms. The van der Waals surface area contributed by atoms with Gasteiger partial charge in [-0.1, -0.05) is 13.8 Å². The number of aromatic nitrogens is 3. The molecular formula is C14H26N4O. The molecule has 0 saturated carbocycles. The van der Waals surface area contributed by atoms with E-state index in [0.717, 1.165) is 51.4 Å². The molecule has 1 aliphatic rings. The largest absolute Gasteiger partial charge is 0.381 e. The molecule has 0 unspecified atom stereocenters. The van der Waals surface area contributed by atoms with Gasteiger partial charge in [-0.15, -0.1) is 0 Å². The van der Waals surface area contributed by atoms with Crippen molar-refractivity contribution in [2.24, 2.45) is 18.4 Å². The van der Waals surface area contributed by atoms with Crippen molar-refractivity contribution in [2.45, 2.75) is 33.1 Å². The van der Waals surface area contributed by atoms with Crippen molar-refractivity contribution in [3.05, 3.63) is 12.2 Å². The van der Waals surface area contributed by atoms with Crippen molar-refractivity contribution in [3.63, 3.8) is 0 Å². The number of rotatable bonds is 6. The molecule has 0 radical (unpaired) electrons. The van der Waals surface area contributed by atoms with Crippen LogP contribution < -0.4 is 5.32 Å². The molecule has 2 rings (SSSR count). The van der Waals surface area contributed by atoms with Gasteiger partial charge in [-0.05, 0) is 30.7 Å². The summed E-state index contributed by atoms with van der Waals surface area (Å²) < 4.78 is 7.42. The minimum absolute atomic E-state index is 0.272. The van der Waals surface area contributed by atoms with E-state index in [1.807, 2.05) is 11.7 Å². The van der Waals surface area contributed by atoms with Crippen molar-refractivity contribution >= 4 is 0 Å². The number of aryl methyl sites for hydroxylation is 1. The quantitative estimate of drug-likeness (QED) is 0.845. The lowest BCUT2D eigenvalue weighted by Crippen LogP contribution is -2.42. The molecule has 1 N–H and O–H groups in total. The Balaban J connectivity index is 1.99. The number of nitrogens with one attached hydrogen (secondary N) is 1. The Labute approximate surface area is 115 Å². The van der Waals surface area contributed by atoms with Crippen molar-refractivity contribution in [1.82, 2.24) is 20.1 Å². The van der Waals surface area contributed by atoms with E-state index in [1.54, 1.807) is 6.33 Å². The van der Waals surface area contributed by atoms with E-state index in [4.69, 9.17) is 4.74 Å². The third kappa shape index (κ3) is 4.01. The number of ether oxygens (including phenoxy) is 1. The van der Waals surface area contributed by atoms with Crippen LogP contribution in [0.25, 0.3) is 0 Å². The number of hydrogen-bond donors (Lipinski definition) is 1. The van der Waals surface area contributed by atoms with Gasteiger partial charge in [-0.2, -0.15) is 5.10 Å². The first-order valence-electron chi connectivity index (χ1n) is 7.23. The molecule has 1 fully saturated rings. The molecule has 1 aliphatic heterocycles. The maximum Gasteiger partial charge on any atom is 0.138 e. The smallest absolute Gasteiger partial charge is 0.138 e. The molecule has 0 bridgehead atoms. The molecule has 108 valence electrons. The van der Waals surface area contributed by atoms with Crippen LogP contribution in [0.15, 0.2) is 6.33 Å². The molecular weight excluding hydrogens is 240 g/mol. The van der Waals surface area contributed by atoms with Crippen LogP contribution in [0.5, 0.6) is 0 Å². The average molecular weight is 266 g/mol. The van der Waals surface area contributed by atoms with Gasteiger partial charge in [0.15, 0.2) is 0 Å². The normalized spacial score (nSPS) is 18.9. The maximum atomic E-state index is 5.53. The number of hydrogen-bond acceptors (Lipinski definition) is 4. The first-order valence-corrected chi connectivity index (χ1v) is 7.23. The van der Waals surface area contributed by atoms with E-state index in [9.17, 15) is 0 Å². The van der Waals surface area contributed by atoms with Crippen LogP contribution in [-0.2, 0) is 18.2 Å². The van der Waals surface area contributed by atoms with Gasteiger partial charge >= 0.3 is 0 Å².